The van der Waals surface area contributed by atoms with Crippen LogP contribution in [0.3, 0.4) is 0 Å². The minimum atomic E-state index is -0.293. The molecule has 0 aliphatic carbocycles. The summed E-state index contributed by atoms with van der Waals surface area (Å²) in [7, 11) is 0. The Hall–Kier alpha value is -2.67. The van der Waals surface area contributed by atoms with E-state index in [1.54, 1.807) is 30.0 Å². The molecule has 1 atom stereocenters. The summed E-state index contributed by atoms with van der Waals surface area (Å²) in [5, 5.41) is 4.66. The van der Waals surface area contributed by atoms with Gasteiger partial charge in [-0.05, 0) is 31.4 Å². The maximum Gasteiger partial charge on any atom is 0.249 e. The van der Waals surface area contributed by atoms with Crippen molar-refractivity contribution in [1.82, 2.24) is 19.9 Å². The third kappa shape index (κ3) is 5.03. The number of piperidine rings is 1. The van der Waals surface area contributed by atoms with E-state index in [0.29, 0.717) is 36.2 Å². The summed E-state index contributed by atoms with van der Waals surface area (Å²) in [6, 6.07) is 6.93. The van der Waals surface area contributed by atoms with Crippen molar-refractivity contribution in [2.24, 2.45) is 0 Å². The normalized spacial score (nSPS) is 16.5. The Morgan fingerprint density at radius 1 is 1.41 bits per heavy atom. The van der Waals surface area contributed by atoms with Crippen molar-refractivity contribution >= 4 is 23.4 Å². The molecule has 1 saturated heterocycles. The van der Waals surface area contributed by atoms with Crippen LogP contribution in [-0.4, -0.2) is 51.4 Å². The lowest BCUT2D eigenvalue weighted by molar-refractivity contribution is -0.142. The molecule has 0 radical (unpaired) electrons. The molecule has 8 heteroatoms. The van der Waals surface area contributed by atoms with E-state index in [4.69, 9.17) is 16.1 Å². The van der Waals surface area contributed by atoms with Crippen LogP contribution >= 0.6 is 11.6 Å². The van der Waals surface area contributed by atoms with Crippen LogP contribution in [0.25, 0.3) is 11.4 Å². The largest absolute Gasteiger partial charge is 0.337 e. The summed E-state index contributed by atoms with van der Waals surface area (Å²) in [4.78, 5) is 32.9. The predicted octanol–water partition coefficient (Wildman–Crippen LogP) is 3.87. The maximum absolute atomic E-state index is 13.0. The molecule has 2 amide bonds. The van der Waals surface area contributed by atoms with Gasteiger partial charge in [-0.25, -0.2) is 0 Å². The quantitative estimate of drug-likeness (QED) is 0.640. The summed E-state index contributed by atoms with van der Waals surface area (Å²) in [5.74, 6) is 0.647. The molecule has 0 spiro atoms. The van der Waals surface area contributed by atoms with Gasteiger partial charge in [-0.1, -0.05) is 41.9 Å². The van der Waals surface area contributed by atoms with E-state index in [9.17, 15) is 9.59 Å². The molecule has 2 aromatic rings. The molecule has 1 aliphatic rings. The summed E-state index contributed by atoms with van der Waals surface area (Å²) in [5.41, 5.74) is 0.756. The minimum Gasteiger partial charge on any atom is -0.337 e. The van der Waals surface area contributed by atoms with Crippen molar-refractivity contribution in [1.29, 1.82) is 0 Å². The molecule has 0 N–H and O–H groups in total. The van der Waals surface area contributed by atoms with Gasteiger partial charge >= 0.3 is 0 Å². The van der Waals surface area contributed by atoms with Gasteiger partial charge in [0.25, 0.3) is 0 Å². The minimum absolute atomic E-state index is 0.0183. The van der Waals surface area contributed by atoms with Gasteiger partial charge in [-0.3, -0.25) is 9.59 Å². The molecule has 0 saturated carbocycles. The number of hydrogen-bond acceptors (Lipinski definition) is 5. The molecule has 154 valence electrons. The van der Waals surface area contributed by atoms with Gasteiger partial charge in [0.15, 0.2) is 0 Å². The lowest BCUT2D eigenvalue weighted by Gasteiger charge is -2.35. The Labute approximate surface area is 175 Å². The predicted molar refractivity (Wildman–Crippen MR) is 110 cm³/mol. The SMILES string of the molecule is C=CCN(CC(=O)N1CCCC[C@@H]1c1nc(-c2cccc(Cl)c2)no1)C(=O)CC. The molecule has 1 fully saturated rings. The van der Waals surface area contributed by atoms with E-state index in [-0.39, 0.29) is 24.4 Å². The molecule has 7 nitrogen and oxygen atoms in total. The number of likely N-dealkylation sites (tertiary alicyclic amines) is 1. The molecule has 3 rings (SSSR count). The van der Waals surface area contributed by atoms with Gasteiger partial charge in [-0.15, -0.1) is 6.58 Å². The van der Waals surface area contributed by atoms with Crippen LogP contribution in [0.1, 0.15) is 44.5 Å². The number of nitrogens with zero attached hydrogens (tertiary/aromatic N) is 4. The van der Waals surface area contributed by atoms with E-state index in [2.05, 4.69) is 16.7 Å². The topological polar surface area (TPSA) is 79.5 Å². The lowest BCUT2D eigenvalue weighted by atomic mass is 10.0. The summed E-state index contributed by atoms with van der Waals surface area (Å²) in [6.45, 7) is 6.42. The maximum atomic E-state index is 13.0. The van der Waals surface area contributed by atoms with Gasteiger partial charge in [0.2, 0.25) is 23.5 Å². The van der Waals surface area contributed by atoms with Crippen LogP contribution in [0.4, 0.5) is 0 Å². The molecule has 29 heavy (non-hydrogen) atoms. The average Bonchev–Trinajstić information content (AvgIpc) is 3.23. The van der Waals surface area contributed by atoms with E-state index < -0.39 is 0 Å². The van der Waals surface area contributed by atoms with E-state index in [1.165, 1.54) is 4.90 Å². The number of carbonyl (C=O) groups is 2. The molecular weight excluding hydrogens is 392 g/mol. The molecular formula is C21H25ClN4O3. The second-order valence-corrected chi connectivity index (χ2v) is 7.42. The van der Waals surface area contributed by atoms with Gasteiger partial charge in [0.1, 0.15) is 12.6 Å². The zero-order chi connectivity index (χ0) is 20.8. The third-order valence-electron chi connectivity index (χ3n) is 4.96. The van der Waals surface area contributed by atoms with Crippen LogP contribution in [0.2, 0.25) is 5.02 Å². The fraction of sp³-hybridized carbons (Fsp3) is 0.429. The van der Waals surface area contributed by atoms with Crippen molar-refractivity contribution in [3.63, 3.8) is 0 Å². The Bertz CT molecular complexity index is 882. The highest BCUT2D eigenvalue weighted by Gasteiger charge is 2.33. The molecule has 1 aromatic carbocycles. The first-order valence-electron chi connectivity index (χ1n) is 9.81. The van der Waals surface area contributed by atoms with Crippen molar-refractivity contribution in [2.45, 2.75) is 38.6 Å². The van der Waals surface area contributed by atoms with E-state index in [1.807, 2.05) is 12.1 Å². The van der Waals surface area contributed by atoms with Crippen LogP contribution in [0, 0.1) is 0 Å². The number of rotatable bonds is 7. The van der Waals surface area contributed by atoms with Crippen molar-refractivity contribution in [3.05, 3.63) is 47.8 Å². The van der Waals surface area contributed by atoms with Crippen LogP contribution in [-0.2, 0) is 9.59 Å². The number of halogens is 1. The zero-order valence-corrected chi connectivity index (χ0v) is 17.3. The van der Waals surface area contributed by atoms with Gasteiger partial charge in [-0.2, -0.15) is 4.98 Å². The number of benzene rings is 1. The Morgan fingerprint density at radius 2 is 2.24 bits per heavy atom. The van der Waals surface area contributed by atoms with Crippen LogP contribution in [0.15, 0.2) is 41.4 Å². The Kier molecular flexibility index (Phi) is 7.04. The summed E-state index contributed by atoms with van der Waals surface area (Å²) < 4.78 is 5.51. The van der Waals surface area contributed by atoms with Crippen molar-refractivity contribution < 1.29 is 14.1 Å². The standard InChI is InChI=1S/C21H25ClN4O3/c1-3-11-25(18(27)4-2)14-19(28)26-12-6-5-10-17(26)21-23-20(24-29-21)15-8-7-9-16(22)13-15/h3,7-9,13,17H,1,4-6,10-12,14H2,2H3/t17-/m1/s1. The highest BCUT2D eigenvalue weighted by atomic mass is 35.5. The second-order valence-electron chi connectivity index (χ2n) is 6.98. The van der Waals surface area contributed by atoms with Crippen molar-refractivity contribution in [3.8, 4) is 11.4 Å². The van der Waals surface area contributed by atoms with Gasteiger partial charge in [0, 0.05) is 30.1 Å². The summed E-state index contributed by atoms with van der Waals surface area (Å²) in [6.07, 6.45) is 4.58. The molecule has 1 aliphatic heterocycles. The number of aromatic nitrogens is 2. The highest BCUT2D eigenvalue weighted by molar-refractivity contribution is 6.30. The smallest absolute Gasteiger partial charge is 0.249 e. The zero-order valence-electron chi connectivity index (χ0n) is 16.5. The highest BCUT2D eigenvalue weighted by Crippen LogP contribution is 2.31. The molecule has 0 bridgehead atoms. The fourth-order valence-corrected chi connectivity index (χ4v) is 3.68. The first kappa shape index (κ1) is 21.0. The Morgan fingerprint density at radius 3 is 2.97 bits per heavy atom. The first-order chi connectivity index (χ1) is 14.0. The van der Waals surface area contributed by atoms with Crippen molar-refractivity contribution in [2.75, 3.05) is 19.6 Å². The Balaban J connectivity index is 1.78. The number of carbonyl (C=O) groups excluding carboxylic acids is 2. The first-order valence-corrected chi connectivity index (χ1v) is 10.2. The van der Waals surface area contributed by atoms with Crippen LogP contribution in [0.5, 0.6) is 0 Å². The van der Waals surface area contributed by atoms with Crippen LogP contribution < -0.4 is 0 Å². The van der Waals surface area contributed by atoms with Gasteiger partial charge in [0.05, 0.1) is 0 Å². The van der Waals surface area contributed by atoms with E-state index in [0.717, 1.165) is 24.8 Å². The molecule has 2 heterocycles. The lowest BCUT2D eigenvalue weighted by Crippen LogP contribution is -2.46. The fourth-order valence-electron chi connectivity index (χ4n) is 3.49. The average molecular weight is 417 g/mol. The van der Waals surface area contributed by atoms with E-state index >= 15 is 0 Å². The second kappa shape index (κ2) is 9.69. The van der Waals surface area contributed by atoms with Gasteiger partial charge < -0.3 is 14.3 Å². The summed E-state index contributed by atoms with van der Waals surface area (Å²) >= 11 is 6.05. The monoisotopic (exact) mass is 416 g/mol. The third-order valence-corrected chi connectivity index (χ3v) is 5.20. The molecule has 1 aromatic heterocycles. The number of hydrogen-bond donors (Lipinski definition) is 0. The number of amides is 2. The molecule has 0 unspecified atom stereocenters.